The Morgan fingerprint density at radius 3 is 2.41 bits per heavy atom. The lowest BCUT2D eigenvalue weighted by Gasteiger charge is -2.27. The van der Waals surface area contributed by atoms with Crippen molar-refractivity contribution < 1.29 is 23.9 Å². The lowest BCUT2D eigenvalue weighted by molar-refractivity contribution is -0.122. The van der Waals surface area contributed by atoms with Crippen molar-refractivity contribution in [3.8, 4) is 5.75 Å². The van der Waals surface area contributed by atoms with E-state index in [1.54, 1.807) is 36.4 Å². The molecule has 37 heavy (non-hydrogen) atoms. The normalized spacial score (nSPS) is 14.5. The van der Waals surface area contributed by atoms with E-state index in [0.717, 1.165) is 21.6 Å². The first-order chi connectivity index (χ1) is 17.6. The SMILES string of the molecule is Cc1ccc(NC(=O)COc2ccc(Cl)cc2/C=C2\C(=O)NC(=O)N(c3ccc(C)c(C)c3)C2=O)cc1. The number of ether oxygens (including phenoxy) is 1. The Hall–Kier alpha value is -4.43. The molecule has 188 valence electrons. The summed E-state index contributed by atoms with van der Waals surface area (Å²) >= 11 is 6.16. The van der Waals surface area contributed by atoms with Crippen molar-refractivity contribution in [2.75, 3.05) is 16.8 Å². The summed E-state index contributed by atoms with van der Waals surface area (Å²) in [5.41, 5.74) is 3.91. The molecule has 0 aromatic heterocycles. The van der Waals surface area contributed by atoms with E-state index in [2.05, 4.69) is 10.6 Å². The number of nitrogens with zero attached hydrogens (tertiary/aromatic N) is 1. The summed E-state index contributed by atoms with van der Waals surface area (Å²) in [5, 5.41) is 5.26. The molecule has 1 heterocycles. The van der Waals surface area contributed by atoms with Crippen molar-refractivity contribution in [1.29, 1.82) is 0 Å². The first-order valence-corrected chi connectivity index (χ1v) is 11.8. The van der Waals surface area contributed by atoms with Gasteiger partial charge in [-0.25, -0.2) is 9.69 Å². The fourth-order valence-electron chi connectivity index (χ4n) is 3.65. The largest absolute Gasteiger partial charge is 0.483 e. The van der Waals surface area contributed by atoms with Crippen LogP contribution < -0.4 is 20.3 Å². The van der Waals surface area contributed by atoms with Crippen molar-refractivity contribution in [2.45, 2.75) is 20.8 Å². The van der Waals surface area contributed by atoms with Crippen LogP contribution in [0.2, 0.25) is 5.02 Å². The third-order valence-corrected chi connectivity index (χ3v) is 6.05. The molecule has 0 unspecified atom stereocenters. The zero-order valence-electron chi connectivity index (χ0n) is 20.4. The maximum atomic E-state index is 13.3. The minimum atomic E-state index is -0.849. The van der Waals surface area contributed by atoms with Gasteiger partial charge < -0.3 is 10.1 Å². The van der Waals surface area contributed by atoms with Crippen LogP contribution >= 0.6 is 11.6 Å². The predicted molar refractivity (Wildman–Crippen MR) is 142 cm³/mol. The number of carbonyl (C=O) groups excluding carboxylic acids is 4. The zero-order valence-corrected chi connectivity index (χ0v) is 21.2. The van der Waals surface area contributed by atoms with Gasteiger partial charge in [-0.05, 0) is 80.4 Å². The zero-order chi connectivity index (χ0) is 26.7. The number of amides is 5. The Balaban J connectivity index is 1.58. The second-order valence-electron chi connectivity index (χ2n) is 8.61. The first-order valence-electron chi connectivity index (χ1n) is 11.4. The highest BCUT2D eigenvalue weighted by molar-refractivity contribution is 6.39. The van der Waals surface area contributed by atoms with Crippen LogP contribution in [0, 0.1) is 20.8 Å². The fraction of sp³-hybridized carbons (Fsp3) is 0.143. The van der Waals surface area contributed by atoms with E-state index in [-0.39, 0.29) is 17.9 Å². The summed E-state index contributed by atoms with van der Waals surface area (Å²) in [6.45, 7) is 5.39. The predicted octanol–water partition coefficient (Wildman–Crippen LogP) is 4.95. The summed E-state index contributed by atoms with van der Waals surface area (Å²) in [7, 11) is 0. The molecule has 0 aliphatic carbocycles. The quantitative estimate of drug-likeness (QED) is 0.355. The third kappa shape index (κ3) is 5.87. The molecule has 8 nitrogen and oxygen atoms in total. The molecule has 5 amide bonds. The van der Waals surface area contributed by atoms with Gasteiger partial charge in [0.25, 0.3) is 17.7 Å². The van der Waals surface area contributed by atoms with Crippen LogP contribution in [-0.2, 0) is 14.4 Å². The molecule has 1 aliphatic heterocycles. The van der Waals surface area contributed by atoms with E-state index in [1.807, 2.05) is 32.9 Å². The van der Waals surface area contributed by atoms with Gasteiger partial charge in [0.2, 0.25) is 0 Å². The lowest BCUT2D eigenvalue weighted by atomic mass is 10.0. The highest BCUT2D eigenvalue weighted by Crippen LogP contribution is 2.28. The average molecular weight is 518 g/mol. The van der Waals surface area contributed by atoms with Crippen LogP contribution in [0.1, 0.15) is 22.3 Å². The Morgan fingerprint density at radius 2 is 1.70 bits per heavy atom. The Kier molecular flexibility index (Phi) is 7.40. The van der Waals surface area contributed by atoms with E-state index in [9.17, 15) is 19.2 Å². The van der Waals surface area contributed by atoms with Crippen LogP contribution in [0.25, 0.3) is 6.08 Å². The molecule has 3 aromatic rings. The van der Waals surface area contributed by atoms with Gasteiger partial charge in [0.1, 0.15) is 11.3 Å². The molecule has 1 aliphatic rings. The third-order valence-electron chi connectivity index (χ3n) is 5.82. The fourth-order valence-corrected chi connectivity index (χ4v) is 3.83. The number of halogens is 1. The Bertz CT molecular complexity index is 1450. The van der Waals surface area contributed by atoms with Crippen molar-refractivity contribution in [3.63, 3.8) is 0 Å². The van der Waals surface area contributed by atoms with E-state index in [4.69, 9.17) is 16.3 Å². The lowest BCUT2D eigenvalue weighted by Crippen LogP contribution is -2.54. The molecule has 4 rings (SSSR count). The molecule has 0 bridgehead atoms. The van der Waals surface area contributed by atoms with E-state index in [1.165, 1.54) is 18.2 Å². The number of hydrogen-bond acceptors (Lipinski definition) is 5. The topological polar surface area (TPSA) is 105 Å². The van der Waals surface area contributed by atoms with Crippen LogP contribution in [0.15, 0.2) is 66.2 Å². The molecule has 3 aromatic carbocycles. The highest BCUT2D eigenvalue weighted by atomic mass is 35.5. The smallest absolute Gasteiger partial charge is 0.335 e. The van der Waals surface area contributed by atoms with E-state index >= 15 is 0 Å². The van der Waals surface area contributed by atoms with Crippen LogP contribution in [0.3, 0.4) is 0 Å². The summed E-state index contributed by atoms with van der Waals surface area (Å²) < 4.78 is 5.68. The average Bonchev–Trinajstić information content (AvgIpc) is 2.84. The molecular formula is C28H24ClN3O5. The van der Waals surface area contributed by atoms with Crippen LogP contribution in [0.4, 0.5) is 16.2 Å². The summed E-state index contributed by atoms with van der Waals surface area (Å²) in [5.74, 6) is -1.81. The van der Waals surface area contributed by atoms with Gasteiger partial charge in [0, 0.05) is 16.3 Å². The number of carbonyl (C=O) groups is 4. The Morgan fingerprint density at radius 1 is 0.973 bits per heavy atom. The molecule has 2 N–H and O–H groups in total. The highest BCUT2D eigenvalue weighted by Gasteiger charge is 2.37. The molecule has 1 saturated heterocycles. The monoisotopic (exact) mass is 517 g/mol. The number of urea groups is 1. The summed E-state index contributed by atoms with van der Waals surface area (Å²) in [6, 6.07) is 16.2. The molecule has 0 spiro atoms. The van der Waals surface area contributed by atoms with Gasteiger partial charge in [-0.3, -0.25) is 19.7 Å². The van der Waals surface area contributed by atoms with Crippen LogP contribution in [0.5, 0.6) is 5.75 Å². The number of hydrogen-bond donors (Lipinski definition) is 2. The van der Waals surface area contributed by atoms with Gasteiger partial charge >= 0.3 is 6.03 Å². The number of aryl methyl sites for hydroxylation is 3. The number of barbiturate groups is 1. The van der Waals surface area contributed by atoms with Gasteiger partial charge in [0.15, 0.2) is 6.61 Å². The second-order valence-corrected chi connectivity index (χ2v) is 9.05. The maximum absolute atomic E-state index is 13.3. The van der Waals surface area contributed by atoms with Gasteiger partial charge in [-0.2, -0.15) is 0 Å². The minimum absolute atomic E-state index is 0.228. The number of benzene rings is 3. The molecule has 0 radical (unpaired) electrons. The standard InChI is InChI=1S/C28H24ClN3O5/c1-16-4-8-21(9-5-16)30-25(33)15-37-24-11-7-20(29)13-19(24)14-23-26(34)31-28(36)32(27(23)35)22-10-6-17(2)18(3)12-22/h4-14H,15H2,1-3H3,(H,30,33)(H,31,34,36)/b23-14+. The van der Waals surface area contributed by atoms with Gasteiger partial charge in [0.05, 0.1) is 5.69 Å². The molecule has 0 saturated carbocycles. The van der Waals surface area contributed by atoms with Gasteiger partial charge in [-0.15, -0.1) is 0 Å². The molecule has 1 fully saturated rings. The summed E-state index contributed by atoms with van der Waals surface area (Å²) in [6.07, 6.45) is 1.29. The number of nitrogens with one attached hydrogen (secondary N) is 2. The van der Waals surface area contributed by atoms with E-state index in [0.29, 0.717) is 22.0 Å². The van der Waals surface area contributed by atoms with E-state index < -0.39 is 23.8 Å². The number of anilines is 2. The number of rotatable bonds is 6. The van der Waals surface area contributed by atoms with Crippen molar-refractivity contribution >= 4 is 52.8 Å². The molecular weight excluding hydrogens is 494 g/mol. The van der Waals surface area contributed by atoms with Crippen molar-refractivity contribution in [1.82, 2.24) is 5.32 Å². The van der Waals surface area contributed by atoms with Crippen molar-refractivity contribution in [3.05, 3.63) is 93.5 Å². The minimum Gasteiger partial charge on any atom is -0.483 e. The Labute approximate surface area is 218 Å². The first kappa shape index (κ1) is 25.7. The van der Waals surface area contributed by atoms with Crippen LogP contribution in [-0.4, -0.2) is 30.4 Å². The van der Waals surface area contributed by atoms with Crippen molar-refractivity contribution in [2.24, 2.45) is 0 Å². The molecule has 0 atom stereocenters. The summed E-state index contributed by atoms with van der Waals surface area (Å²) in [4.78, 5) is 51.7. The number of imide groups is 2. The maximum Gasteiger partial charge on any atom is 0.335 e. The van der Waals surface area contributed by atoms with Gasteiger partial charge in [-0.1, -0.05) is 35.4 Å². The molecule has 9 heteroatoms. The second kappa shape index (κ2) is 10.7.